The van der Waals surface area contributed by atoms with Gasteiger partial charge in [0.15, 0.2) is 5.96 Å². The van der Waals surface area contributed by atoms with Crippen molar-refractivity contribution in [2.24, 2.45) is 10.4 Å². The number of aliphatic imine (C=N–C) groups is 1. The number of amides is 1. The van der Waals surface area contributed by atoms with E-state index >= 15 is 0 Å². The van der Waals surface area contributed by atoms with Gasteiger partial charge in [-0.25, -0.2) is 0 Å². The number of carbonyl (C=O) groups excluding carboxylic acids is 1. The molecule has 1 fully saturated rings. The summed E-state index contributed by atoms with van der Waals surface area (Å²) in [7, 11) is 0. The molecule has 2 rings (SSSR count). The van der Waals surface area contributed by atoms with Crippen molar-refractivity contribution in [1.82, 2.24) is 20.9 Å². The molecule has 0 aliphatic carbocycles. The van der Waals surface area contributed by atoms with Crippen LogP contribution in [-0.4, -0.2) is 56.0 Å². The van der Waals surface area contributed by atoms with Crippen LogP contribution in [0.3, 0.4) is 0 Å². The van der Waals surface area contributed by atoms with E-state index < -0.39 is 0 Å². The van der Waals surface area contributed by atoms with Gasteiger partial charge in [-0.05, 0) is 38.4 Å². The lowest BCUT2D eigenvalue weighted by atomic mass is 9.96. The van der Waals surface area contributed by atoms with Crippen molar-refractivity contribution in [3.05, 3.63) is 35.9 Å². The molecule has 1 unspecified atom stereocenters. The summed E-state index contributed by atoms with van der Waals surface area (Å²) in [4.78, 5) is 19.3. The molecule has 6 heteroatoms. The predicted molar refractivity (Wildman–Crippen MR) is 116 cm³/mol. The highest BCUT2D eigenvalue weighted by molar-refractivity contribution is 5.81. The monoisotopic (exact) mass is 387 g/mol. The molecule has 1 saturated heterocycles. The van der Waals surface area contributed by atoms with Crippen LogP contribution in [0.5, 0.6) is 0 Å². The van der Waals surface area contributed by atoms with Crippen LogP contribution in [0.2, 0.25) is 0 Å². The van der Waals surface area contributed by atoms with Crippen molar-refractivity contribution < 1.29 is 4.79 Å². The number of hydrogen-bond acceptors (Lipinski definition) is 3. The first-order valence-corrected chi connectivity index (χ1v) is 10.5. The Kier molecular flexibility index (Phi) is 8.77. The van der Waals surface area contributed by atoms with Crippen LogP contribution in [0.25, 0.3) is 0 Å². The fourth-order valence-electron chi connectivity index (χ4n) is 3.30. The van der Waals surface area contributed by atoms with Crippen LogP contribution >= 0.6 is 0 Å². The normalized spacial score (nSPS) is 16.6. The fourth-order valence-corrected chi connectivity index (χ4v) is 3.30. The first-order chi connectivity index (χ1) is 13.4. The lowest BCUT2D eigenvalue weighted by Gasteiger charge is -2.27. The molecule has 6 nitrogen and oxygen atoms in total. The Bertz CT molecular complexity index is 618. The highest BCUT2D eigenvalue weighted by atomic mass is 16.2. The average Bonchev–Trinajstić information content (AvgIpc) is 3.19. The third kappa shape index (κ3) is 7.15. The molecule has 0 bridgehead atoms. The van der Waals surface area contributed by atoms with Gasteiger partial charge in [0, 0.05) is 25.0 Å². The summed E-state index contributed by atoms with van der Waals surface area (Å²) < 4.78 is 0. The number of hydrogen-bond donors (Lipinski definition) is 3. The third-order valence-electron chi connectivity index (χ3n) is 4.92. The molecule has 1 aliphatic heterocycles. The summed E-state index contributed by atoms with van der Waals surface area (Å²) in [6.45, 7) is 12.8. The van der Waals surface area contributed by atoms with Crippen LogP contribution < -0.4 is 16.0 Å². The molecule has 1 aliphatic rings. The van der Waals surface area contributed by atoms with E-state index in [1.54, 1.807) is 0 Å². The molecule has 3 N–H and O–H groups in total. The van der Waals surface area contributed by atoms with Gasteiger partial charge in [-0.15, -0.1) is 0 Å². The minimum Gasteiger partial charge on any atom is -0.357 e. The Morgan fingerprint density at radius 1 is 1.07 bits per heavy atom. The summed E-state index contributed by atoms with van der Waals surface area (Å²) in [5.74, 6) is 0.863. The summed E-state index contributed by atoms with van der Waals surface area (Å²) in [6, 6.07) is 11.0. The van der Waals surface area contributed by atoms with Crippen molar-refractivity contribution >= 4 is 11.9 Å². The van der Waals surface area contributed by atoms with Gasteiger partial charge in [0.05, 0.1) is 12.6 Å². The van der Waals surface area contributed by atoms with Gasteiger partial charge in [0.2, 0.25) is 5.91 Å². The van der Waals surface area contributed by atoms with Gasteiger partial charge < -0.3 is 16.0 Å². The molecule has 1 aromatic carbocycles. The summed E-state index contributed by atoms with van der Waals surface area (Å²) in [6.07, 6.45) is 2.53. The van der Waals surface area contributed by atoms with E-state index in [-0.39, 0.29) is 11.3 Å². The highest BCUT2D eigenvalue weighted by Gasteiger charge is 2.23. The maximum Gasteiger partial charge on any atom is 0.225 e. The zero-order chi connectivity index (χ0) is 20.4. The second kappa shape index (κ2) is 11.1. The van der Waals surface area contributed by atoms with Crippen LogP contribution in [-0.2, 0) is 4.79 Å². The van der Waals surface area contributed by atoms with E-state index in [2.05, 4.69) is 58.1 Å². The van der Waals surface area contributed by atoms with Crippen molar-refractivity contribution in [3.63, 3.8) is 0 Å². The minimum atomic E-state index is -0.364. The number of nitrogens with zero attached hydrogens (tertiary/aromatic N) is 2. The van der Waals surface area contributed by atoms with Crippen molar-refractivity contribution in [2.75, 3.05) is 39.3 Å². The van der Waals surface area contributed by atoms with E-state index in [1.165, 1.54) is 18.4 Å². The standard InChI is InChI=1S/C22H37N5O/c1-5-23-21(25-14-13-24-20(28)22(2,3)4)26-17-19(27-15-9-10-16-27)18-11-7-6-8-12-18/h6-8,11-12,19H,5,9-10,13-17H2,1-4H3,(H,24,28)(H2,23,25,26). The molecule has 1 atom stereocenters. The zero-order valence-electron chi connectivity index (χ0n) is 17.9. The Labute approximate surface area is 170 Å². The van der Waals surface area contributed by atoms with E-state index in [1.807, 2.05) is 20.8 Å². The smallest absolute Gasteiger partial charge is 0.225 e. The molecular weight excluding hydrogens is 350 g/mol. The molecule has 156 valence electrons. The molecular formula is C22H37N5O. The molecule has 28 heavy (non-hydrogen) atoms. The maximum absolute atomic E-state index is 12.0. The quantitative estimate of drug-likeness (QED) is 0.364. The van der Waals surface area contributed by atoms with Gasteiger partial charge in [-0.3, -0.25) is 14.7 Å². The van der Waals surface area contributed by atoms with Crippen LogP contribution in [0.1, 0.15) is 52.1 Å². The molecule has 0 radical (unpaired) electrons. The lowest BCUT2D eigenvalue weighted by Crippen LogP contribution is -2.43. The molecule has 0 spiro atoms. The summed E-state index contributed by atoms with van der Waals surface area (Å²) in [5, 5.41) is 9.60. The molecule has 1 heterocycles. The minimum absolute atomic E-state index is 0.0643. The Hall–Kier alpha value is -2.08. The number of guanidine groups is 1. The number of nitrogens with one attached hydrogen (secondary N) is 3. The number of benzene rings is 1. The van der Waals surface area contributed by atoms with Crippen LogP contribution in [0, 0.1) is 5.41 Å². The van der Waals surface area contributed by atoms with Crippen molar-refractivity contribution in [2.45, 2.75) is 46.6 Å². The molecule has 1 amide bonds. The van der Waals surface area contributed by atoms with Crippen LogP contribution in [0.4, 0.5) is 0 Å². The second-order valence-electron chi connectivity index (χ2n) is 8.32. The van der Waals surface area contributed by atoms with Gasteiger partial charge in [-0.2, -0.15) is 0 Å². The second-order valence-corrected chi connectivity index (χ2v) is 8.32. The lowest BCUT2D eigenvalue weighted by molar-refractivity contribution is -0.128. The Morgan fingerprint density at radius 3 is 2.32 bits per heavy atom. The topological polar surface area (TPSA) is 68.8 Å². The van der Waals surface area contributed by atoms with E-state index in [0.717, 1.165) is 25.6 Å². The highest BCUT2D eigenvalue weighted by Crippen LogP contribution is 2.25. The molecule has 1 aromatic rings. The van der Waals surface area contributed by atoms with Gasteiger partial charge in [0.1, 0.15) is 0 Å². The number of likely N-dealkylation sites (tertiary alicyclic amines) is 1. The average molecular weight is 388 g/mol. The van der Waals surface area contributed by atoms with Gasteiger partial charge in [-0.1, -0.05) is 51.1 Å². The number of carbonyl (C=O) groups is 1. The van der Waals surface area contributed by atoms with Crippen molar-refractivity contribution in [1.29, 1.82) is 0 Å². The SMILES string of the molecule is CCNC(=NCC(c1ccccc1)N1CCCC1)NCCNC(=O)C(C)(C)C. The molecule has 0 saturated carbocycles. The van der Waals surface area contributed by atoms with Gasteiger partial charge in [0.25, 0.3) is 0 Å². The maximum atomic E-state index is 12.0. The Morgan fingerprint density at radius 2 is 1.71 bits per heavy atom. The first kappa shape index (κ1) is 22.2. The van der Waals surface area contributed by atoms with E-state index in [0.29, 0.717) is 25.7 Å². The summed E-state index contributed by atoms with van der Waals surface area (Å²) in [5.41, 5.74) is 0.957. The Balaban J connectivity index is 1.94. The van der Waals surface area contributed by atoms with Gasteiger partial charge >= 0.3 is 0 Å². The molecule has 0 aromatic heterocycles. The van der Waals surface area contributed by atoms with Crippen LogP contribution in [0.15, 0.2) is 35.3 Å². The number of rotatable bonds is 8. The van der Waals surface area contributed by atoms with E-state index in [4.69, 9.17) is 4.99 Å². The van der Waals surface area contributed by atoms with E-state index in [9.17, 15) is 4.79 Å². The van der Waals surface area contributed by atoms with Crippen molar-refractivity contribution in [3.8, 4) is 0 Å². The predicted octanol–water partition coefficient (Wildman–Crippen LogP) is 2.54. The zero-order valence-corrected chi connectivity index (χ0v) is 17.9. The third-order valence-corrected chi connectivity index (χ3v) is 4.92. The largest absolute Gasteiger partial charge is 0.357 e. The first-order valence-electron chi connectivity index (χ1n) is 10.5. The fraction of sp³-hybridized carbons (Fsp3) is 0.636. The summed E-state index contributed by atoms with van der Waals surface area (Å²) >= 11 is 0.